The first-order valence-corrected chi connectivity index (χ1v) is 8.22. The number of aliphatic hydroxyl groups is 1. The van der Waals surface area contributed by atoms with Gasteiger partial charge in [0.15, 0.2) is 0 Å². The summed E-state index contributed by atoms with van der Waals surface area (Å²) in [7, 11) is -3.74. The first-order chi connectivity index (χ1) is 9.88. The second-order valence-corrected chi connectivity index (χ2v) is 6.48. The van der Waals surface area contributed by atoms with Gasteiger partial charge >= 0.3 is 0 Å². The van der Waals surface area contributed by atoms with Gasteiger partial charge in [-0.3, -0.25) is 10.1 Å². The van der Waals surface area contributed by atoms with Crippen molar-refractivity contribution in [2.45, 2.75) is 37.5 Å². The summed E-state index contributed by atoms with van der Waals surface area (Å²) in [5.41, 5.74) is 0.220. The number of hydrogen-bond acceptors (Lipinski definition) is 5. The standard InChI is InChI=1S/C13H20N2O5S/c1-11-6-7-12(15(17)18)10-13(11)21(19,20)14-8-4-2-3-5-9-16/h6-7,10,14,16H,2-5,8-9H2,1H3. The summed E-state index contributed by atoms with van der Waals surface area (Å²) in [6.45, 7) is 2.01. The first-order valence-electron chi connectivity index (χ1n) is 6.74. The van der Waals surface area contributed by atoms with Gasteiger partial charge in [0, 0.05) is 25.3 Å². The molecule has 0 aliphatic carbocycles. The van der Waals surface area contributed by atoms with Crippen molar-refractivity contribution in [2.24, 2.45) is 0 Å². The average molecular weight is 316 g/mol. The molecular weight excluding hydrogens is 296 g/mol. The number of aliphatic hydroxyl groups excluding tert-OH is 1. The van der Waals surface area contributed by atoms with Crippen LogP contribution in [0.5, 0.6) is 0 Å². The number of nitro groups is 1. The smallest absolute Gasteiger partial charge is 0.270 e. The molecule has 21 heavy (non-hydrogen) atoms. The highest BCUT2D eigenvalue weighted by Crippen LogP contribution is 2.21. The fraction of sp³-hybridized carbons (Fsp3) is 0.538. The molecule has 1 rings (SSSR count). The highest BCUT2D eigenvalue weighted by molar-refractivity contribution is 7.89. The molecule has 0 atom stereocenters. The number of nitro benzene ring substituents is 1. The van der Waals surface area contributed by atoms with E-state index in [1.54, 1.807) is 6.92 Å². The number of non-ortho nitro benzene ring substituents is 1. The lowest BCUT2D eigenvalue weighted by Gasteiger charge is -2.09. The Morgan fingerprint density at radius 2 is 1.90 bits per heavy atom. The van der Waals surface area contributed by atoms with Crippen LogP contribution in [0.1, 0.15) is 31.2 Å². The van der Waals surface area contributed by atoms with Crippen molar-refractivity contribution in [3.63, 3.8) is 0 Å². The third kappa shape index (κ3) is 5.41. The van der Waals surface area contributed by atoms with Gasteiger partial charge in [-0.2, -0.15) is 0 Å². The van der Waals surface area contributed by atoms with Crippen molar-refractivity contribution in [3.8, 4) is 0 Å². The van der Waals surface area contributed by atoms with E-state index in [2.05, 4.69) is 4.72 Å². The molecule has 0 aromatic heterocycles. The van der Waals surface area contributed by atoms with E-state index in [9.17, 15) is 18.5 Å². The third-order valence-electron chi connectivity index (χ3n) is 3.05. The van der Waals surface area contributed by atoms with Crippen LogP contribution in [0.25, 0.3) is 0 Å². The van der Waals surface area contributed by atoms with Crippen LogP contribution in [0.15, 0.2) is 23.1 Å². The fourth-order valence-electron chi connectivity index (χ4n) is 1.87. The van der Waals surface area contributed by atoms with Crippen LogP contribution in [-0.2, 0) is 10.0 Å². The lowest BCUT2D eigenvalue weighted by Crippen LogP contribution is -2.25. The van der Waals surface area contributed by atoms with Crippen molar-refractivity contribution in [1.29, 1.82) is 0 Å². The molecule has 0 saturated heterocycles. The Morgan fingerprint density at radius 1 is 1.24 bits per heavy atom. The number of rotatable bonds is 9. The SMILES string of the molecule is Cc1ccc([N+](=O)[O-])cc1S(=O)(=O)NCCCCCCO. The molecule has 8 heteroatoms. The number of nitrogens with one attached hydrogen (secondary N) is 1. The molecule has 0 saturated carbocycles. The fourth-order valence-corrected chi connectivity index (χ4v) is 3.20. The summed E-state index contributed by atoms with van der Waals surface area (Å²) in [6.07, 6.45) is 3.02. The summed E-state index contributed by atoms with van der Waals surface area (Å²) in [5, 5.41) is 19.4. The van der Waals surface area contributed by atoms with Crippen molar-refractivity contribution in [3.05, 3.63) is 33.9 Å². The Bertz CT molecular complexity index is 586. The zero-order chi connectivity index (χ0) is 15.9. The quantitative estimate of drug-likeness (QED) is 0.409. The Labute approximate surface area is 124 Å². The van der Waals surface area contributed by atoms with E-state index >= 15 is 0 Å². The monoisotopic (exact) mass is 316 g/mol. The second kappa shape index (κ2) is 8.06. The van der Waals surface area contributed by atoms with E-state index in [1.165, 1.54) is 12.1 Å². The minimum absolute atomic E-state index is 0.0629. The number of unbranched alkanes of at least 4 members (excludes halogenated alkanes) is 3. The van der Waals surface area contributed by atoms with E-state index in [4.69, 9.17) is 5.11 Å². The number of sulfonamides is 1. The lowest BCUT2D eigenvalue weighted by atomic mass is 10.2. The lowest BCUT2D eigenvalue weighted by molar-refractivity contribution is -0.385. The first kappa shape index (κ1) is 17.5. The zero-order valence-electron chi connectivity index (χ0n) is 11.9. The van der Waals surface area contributed by atoms with Gasteiger partial charge in [-0.25, -0.2) is 13.1 Å². The van der Waals surface area contributed by atoms with Crippen LogP contribution in [-0.4, -0.2) is 31.6 Å². The van der Waals surface area contributed by atoms with Crippen LogP contribution >= 0.6 is 0 Å². The second-order valence-electron chi connectivity index (χ2n) is 4.74. The van der Waals surface area contributed by atoms with E-state index < -0.39 is 14.9 Å². The van der Waals surface area contributed by atoms with Gasteiger partial charge in [-0.15, -0.1) is 0 Å². The Morgan fingerprint density at radius 3 is 2.52 bits per heavy atom. The van der Waals surface area contributed by atoms with Gasteiger partial charge in [-0.1, -0.05) is 18.9 Å². The summed E-state index contributed by atoms with van der Waals surface area (Å²) >= 11 is 0. The molecule has 0 heterocycles. The van der Waals surface area contributed by atoms with E-state index in [1.807, 2.05) is 0 Å². The highest BCUT2D eigenvalue weighted by Gasteiger charge is 2.19. The van der Waals surface area contributed by atoms with Crippen molar-refractivity contribution >= 4 is 15.7 Å². The number of aryl methyl sites for hydroxylation is 1. The minimum atomic E-state index is -3.74. The predicted molar refractivity (Wildman–Crippen MR) is 78.6 cm³/mol. The Balaban J connectivity index is 2.70. The molecular formula is C13H20N2O5S. The van der Waals surface area contributed by atoms with Gasteiger partial charge in [-0.05, 0) is 25.3 Å². The summed E-state index contributed by atoms with van der Waals surface area (Å²) in [6, 6.07) is 3.78. The Kier molecular flexibility index (Phi) is 6.73. The summed E-state index contributed by atoms with van der Waals surface area (Å²) in [5.74, 6) is 0. The van der Waals surface area contributed by atoms with Gasteiger partial charge in [0.05, 0.1) is 9.82 Å². The van der Waals surface area contributed by atoms with Crippen molar-refractivity contribution in [2.75, 3.05) is 13.2 Å². The summed E-state index contributed by atoms with van der Waals surface area (Å²) < 4.78 is 26.7. The molecule has 0 fully saturated rings. The number of benzene rings is 1. The number of hydrogen-bond donors (Lipinski definition) is 2. The van der Waals surface area contributed by atoms with Crippen LogP contribution in [0, 0.1) is 17.0 Å². The maximum Gasteiger partial charge on any atom is 0.270 e. The van der Waals surface area contributed by atoms with Crippen LogP contribution in [0.2, 0.25) is 0 Å². The van der Waals surface area contributed by atoms with Crippen LogP contribution in [0.3, 0.4) is 0 Å². The molecule has 0 bridgehead atoms. The van der Waals surface area contributed by atoms with E-state index in [0.717, 1.165) is 18.9 Å². The van der Waals surface area contributed by atoms with Crippen LogP contribution < -0.4 is 4.72 Å². The van der Waals surface area contributed by atoms with Crippen LogP contribution in [0.4, 0.5) is 5.69 Å². The van der Waals surface area contributed by atoms with E-state index in [0.29, 0.717) is 18.4 Å². The van der Waals surface area contributed by atoms with Gasteiger partial charge in [0.2, 0.25) is 10.0 Å². The average Bonchev–Trinajstić information content (AvgIpc) is 2.42. The van der Waals surface area contributed by atoms with E-state index in [-0.39, 0.29) is 23.7 Å². The molecule has 0 amide bonds. The highest BCUT2D eigenvalue weighted by atomic mass is 32.2. The molecule has 0 unspecified atom stereocenters. The van der Waals surface area contributed by atoms with Gasteiger partial charge in [0.25, 0.3) is 5.69 Å². The molecule has 0 aliphatic heterocycles. The van der Waals surface area contributed by atoms with Crippen molar-refractivity contribution < 1.29 is 18.4 Å². The maximum atomic E-state index is 12.1. The normalized spacial score (nSPS) is 11.5. The molecule has 1 aromatic rings. The molecule has 0 aliphatic rings. The van der Waals surface area contributed by atoms with Gasteiger partial charge < -0.3 is 5.11 Å². The zero-order valence-corrected chi connectivity index (χ0v) is 12.7. The van der Waals surface area contributed by atoms with Crippen molar-refractivity contribution in [1.82, 2.24) is 4.72 Å². The molecule has 118 valence electrons. The largest absolute Gasteiger partial charge is 0.396 e. The molecule has 0 spiro atoms. The topological polar surface area (TPSA) is 110 Å². The minimum Gasteiger partial charge on any atom is -0.396 e. The molecule has 2 N–H and O–H groups in total. The molecule has 7 nitrogen and oxygen atoms in total. The predicted octanol–water partition coefficient (Wildman–Crippen LogP) is 1.73. The maximum absolute atomic E-state index is 12.1. The molecule has 0 radical (unpaired) electrons. The number of nitrogens with zero attached hydrogens (tertiary/aromatic N) is 1. The third-order valence-corrected chi connectivity index (χ3v) is 4.65. The summed E-state index contributed by atoms with van der Waals surface area (Å²) in [4.78, 5) is 10.0. The Hall–Kier alpha value is -1.51. The molecule has 1 aromatic carbocycles. The van der Waals surface area contributed by atoms with Gasteiger partial charge in [0.1, 0.15) is 0 Å².